The number of aromatic nitrogens is 4. The van der Waals surface area contributed by atoms with Gasteiger partial charge in [0, 0.05) is 41.7 Å². The molecule has 4 rings (SSSR count). The molecular weight excluding hydrogens is 340 g/mol. The van der Waals surface area contributed by atoms with Crippen LogP contribution in [0.5, 0.6) is 0 Å². The molecule has 1 atom stereocenters. The Morgan fingerprint density at radius 3 is 3.04 bits per heavy atom. The molecule has 0 spiro atoms. The van der Waals surface area contributed by atoms with Gasteiger partial charge in [-0.2, -0.15) is 0 Å². The number of halogens is 2. The zero-order chi connectivity index (χ0) is 18.3. The second-order valence-electron chi connectivity index (χ2n) is 6.94. The molecule has 1 N–H and O–H groups in total. The summed E-state index contributed by atoms with van der Waals surface area (Å²) >= 11 is 0. The second kappa shape index (κ2) is 6.26. The van der Waals surface area contributed by atoms with Crippen LogP contribution in [-0.2, 0) is 4.79 Å². The average molecular weight is 359 g/mol. The smallest absolute Gasteiger partial charge is 0.254 e. The van der Waals surface area contributed by atoms with Crippen molar-refractivity contribution in [1.29, 1.82) is 0 Å². The van der Waals surface area contributed by atoms with Gasteiger partial charge < -0.3 is 9.88 Å². The molecular formula is C18H19F2N5O. The highest BCUT2D eigenvalue weighted by molar-refractivity contribution is 6.04. The fourth-order valence-corrected chi connectivity index (χ4v) is 3.71. The molecule has 0 aromatic carbocycles. The number of fused-ring (bicyclic) bond motifs is 3. The monoisotopic (exact) mass is 359 g/mol. The van der Waals surface area contributed by atoms with Crippen LogP contribution in [0, 0.1) is 0 Å². The lowest BCUT2D eigenvalue weighted by molar-refractivity contribution is -0.138. The van der Waals surface area contributed by atoms with E-state index in [2.05, 4.69) is 19.9 Å². The Morgan fingerprint density at radius 1 is 1.38 bits per heavy atom. The van der Waals surface area contributed by atoms with Gasteiger partial charge in [-0.15, -0.1) is 0 Å². The van der Waals surface area contributed by atoms with Crippen LogP contribution in [0.1, 0.15) is 37.8 Å². The van der Waals surface area contributed by atoms with Crippen molar-refractivity contribution in [1.82, 2.24) is 24.8 Å². The number of carbonyl (C=O) groups excluding carboxylic acids is 1. The number of rotatable bonds is 3. The molecule has 0 saturated carbocycles. The molecule has 1 fully saturated rings. The van der Waals surface area contributed by atoms with E-state index in [-0.39, 0.29) is 5.92 Å². The van der Waals surface area contributed by atoms with Gasteiger partial charge in [0.15, 0.2) is 5.65 Å². The van der Waals surface area contributed by atoms with Crippen LogP contribution in [0.3, 0.4) is 0 Å². The van der Waals surface area contributed by atoms with Gasteiger partial charge in [-0.25, -0.2) is 23.7 Å². The highest BCUT2D eigenvalue weighted by Gasteiger charge is 2.32. The molecule has 8 heteroatoms. The van der Waals surface area contributed by atoms with Crippen LogP contribution in [-0.4, -0.2) is 49.8 Å². The molecule has 1 saturated heterocycles. The lowest BCUT2D eigenvalue weighted by atomic mass is 9.91. The molecule has 0 aliphatic carbocycles. The van der Waals surface area contributed by atoms with Crippen LogP contribution < -0.4 is 0 Å². The van der Waals surface area contributed by atoms with Crippen molar-refractivity contribution < 1.29 is 13.6 Å². The van der Waals surface area contributed by atoms with Crippen LogP contribution in [0.4, 0.5) is 8.78 Å². The summed E-state index contributed by atoms with van der Waals surface area (Å²) < 4.78 is 26.4. The van der Waals surface area contributed by atoms with E-state index in [1.807, 2.05) is 6.07 Å². The largest absolute Gasteiger partial charge is 0.349 e. The first-order chi connectivity index (χ1) is 12.4. The van der Waals surface area contributed by atoms with Crippen LogP contribution in [0.2, 0.25) is 0 Å². The van der Waals surface area contributed by atoms with Crippen molar-refractivity contribution in [2.24, 2.45) is 0 Å². The predicted molar refractivity (Wildman–Crippen MR) is 93.0 cm³/mol. The Labute approximate surface area is 148 Å². The summed E-state index contributed by atoms with van der Waals surface area (Å²) in [5.41, 5.74) is 2.36. The van der Waals surface area contributed by atoms with Gasteiger partial charge >= 0.3 is 0 Å². The summed E-state index contributed by atoms with van der Waals surface area (Å²) in [5, 5.41) is 1.85. The summed E-state index contributed by atoms with van der Waals surface area (Å²) in [6, 6.07) is 1.90. The molecule has 1 amide bonds. The third-order valence-electron chi connectivity index (χ3n) is 4.85. The maximum atomic E-state index is 13.2. The molecule has 136 valence electrons. The Hall–Kier alpha value is -2.64. The number of alkyl halides is 2. The Bertz CT molecular complexity index is 965. The van der Waals surface area contributed by atoms with Crippen molar-refractivity contribution >= 4 is 27.8 Å². The maximum Gasteiger partial charge on any atom is 0.254 e. The molecule has 0 radical (unpaired) electrons. The summed E-state index contributed by atoms with van der Waals surface area (Å²) in [6.45, 7) is 1.72. The molecule has 1 unspecified atom stereocenters. The van der Waals surface area contributed by atoms with E-state index in [1.54, 1.807) is 23.6 Å². The molecule has 1 aliphatic heterocycles. The number of nitrogens with zero attached hydrogens (tertiary/aromatic N) is 4. The van der Waals surface area contributed by atoms with Crippen molar-refractivity contribution in [2.45, 2.75) is 38.0 Å². The summed E-state index contributed by atoms with van der Waals surface area (Å²) in [4.78, 5) is 29.9. The highest BCUT2D eigenvalue weighted by Crippen LogP contribution is 2.33. The second-order valence-corrected chi connectivity index (χ2v) is 6.94. The first-order valence-electron chi connectivity index (χ1n) is 8.65. The standard InChI is InChI=1S/C18H19F2N5O/c1-18(19,20)7-14(26)25-6-2-3-11(9-25)16-15-12-4-5-21-17(12)22-8-13(15)23-10-24-16/h4-5,8,10-11H,2-3,6-7,9H2,1H3,(H,23,24). The van der Waals surface area contributed by atoms with Gasteiger partial charge in [-0.05, 0) is 25.8 Å². The van der Waals surface area contributed by atoms with Gasteiger partial charge in [0.25, 0.3) is 5.92 Å². The fraction of sp³-hybridized carbons (Fsp3) is 0.444. The van der Waals surface area contributed by atoms with E-state index >= 15 is 0 Å². The average Bonchev–Trinajstić information content (AvgIpc) is 3.09. The summed E-state index contributed by atoms with van der Waals surface area (Å²) in [7, 11) is 0. The normalized spacial score (nSPS) is 18.6. The lowest BCUT2D eigenvalue weighted by Crippen LogP contribution is -2.41. The van der Waals surface area contributed by atoms with E-state index < -0.39 is 18.3 Å². The van der Waals surface area contributed by atoms with Crippen LogP contribution >= 0.6 is 0 Å². The van der Waals surface area contributed by atoms with Crippen LogP contribution in [0.15, 0.2) is 24.8 Å². The molecule has 3 aromatic rings. The number of hydrogen-bond acceptors (Lipinski definition) is 4. The Balaban J connectivity index is 1.69. The molecule has 6 nitrogen and oxygen atoms in total. The summed E-state index contributed by atoms with van der Waals surface area (Å²) in [5.74, 6) is -3.45. The van der Waals surface area contributed by atoms with E-state index in [4.69, 9.17) is 0 Å². The number of aromatic amines is 1. The minimum absolute atomic E-state index is 0.0316. The number of pyridine rings is 1. The Morgan fingerprint density at radius 2 is 2.23 bits per heavy atom. The molecule has 3 aromatic heterocycles. The van der Waals surface area contributed by atoms with Crippen LogP contribution in [0.25, 0.3) is 21.9 Å². The topological polar surface area (TPSA) is 74.8 Å². The Kier molecular flexibility index (Phi) is 4.05. The maximum absolute atomic E-state index is 13.2. The molecule has 26 heavy (non-hydrogen) atoms. The quantitative estimate of drug-likeness (QED) is 0.779. The van der Waals surface area contributed by atoms with Gasteiger partial charge in [-0.3, -0.25) is 4.79 Å². The van der Waals surface area contributed by atoms with Crippen molar-refractivity contribution in [3.8, 4) is 0 Å². The van der Waals surface area contributed by atoms with E-state index in [0.717, 1.165) is 41.7 Å². The minimum Gasteiger partial charge on any atom is -0.349 e. The van der Waals surface area contributed by atoms with E-state index in [0.29, 0.717) is 18.7 Å². The van der Waals surface area contributed by atoms with E-state index in [9.17, 15) is 13.6 Å². The van der Waals surface area contributed by atoms with Gasteiger partial charge in [0.05, 0.1) is 24.5 Å². The minimum atomic E-state index is -2.99. The third-order valence-corrected chi connectivity index (χ3v) is 4.85. The number of hydrogen-bond donors (Lipinski definition) is 1. The SMILES string of the molecule is CC(F)(F)CC(=O)N1CCCC(c2[nH]cnc3cnc4nccc4c23)C1. The first-order valence-corrected chi connectivity index (χ1v) is 8.65. The zero-order valence-corrected chi connectivity index (χ0v) is 14.4. The number of H-pyrrole nitrogens is 1. The van der Waals surface area contributed by atoms with Gasteiger partial charge in [0.1, 0.15) is 0 Å². The zero-order valence-electron chi connectivity index (χ0n) is 14.4. The number of likely N-dealkylation sites (tertiary alicyclic amines) is 1. The number of piperidine rings is 1. The predicted octanol–water partition coefficient (Wildman–Crippen LogP) is 3.26. The number of carbonyl (C=O) groups is 1. The first kappa shape index (κ1) is 16.8. The number of amides is 1. The molecule has 4 heterocycles. The van der Waals surface area contributed by atoms with Gasteiger partial charge in [0.2, 0.25) is 5.91 Å². The lowest BCUT2D eigenvalue weighted by Gasteiger charge is -2.33. The van der Waals surface area contributed by atoms with Crippen molar-refractivity contribution in [3.05, 3.63) is 30.5 Å². The molecule has 0 bridgehead atoms. The fourth-order valence-electron chi connectivity index (χ4n) is 3.71. The summed E-state index contributed by atoms with van der Waals surface area (Å²) in [6.07, 6.45) is 5.90. The van der Waals surface area contributed by atoms with E-state index in [1.165, 1.54) is 0 Å². The molecule has 1 aliphatic rings. The van der Waals surface area contributed by atoms with Crippen molar-refractivity contribution in [2.75, 3.05) is 13.1 Å². The van der Waals surface area contributed by atoms with Gasteiger partial charge in [-0.1, -0.05) is 0 Å². The van der Waals surface area contributed by atoms with Crippen molar-refractivity contribution in [3.63, 3.8) is 0 Å². The number of nitrogens with one attached hydrogen (secondary N) is 1. The highest BCUT2D eigenvalue weighted by atomic mass is 19.3. The third kappa shape index (κ3) is 3.11.